The number of halogens is 3. The Balaban J connectivity index is 2.68. The highest BCUT2D eigenvalue weighted by molar-refractivity contribution is 5.47. The molecule has 0 saturated carbocycles. The van der Waals surface area contributed by atoms with E-state index in [-0.39, 0.29) is 11.7 Å². The molecule has 0 fully saturated rings. The van der Waals surface area contributed by atoms with Gasteiger partial charge in [-0.15, -0.1) is 0 Å². The maximum atomic E-state index is 13.3. The molecule has 0 aliphatic heterocycles. The Morgan fingerprint density at radius 3 is 2.00 bits per heavy atom. The van der Waals surface area contributed by atoms with E-state index in [1.807, 2.05) is 6.92 Å². The van der Waals surface area contributed by atoms with Crippen molar-refractivity contribution in [3.05, 3.63) is 29.6 Å². The van der Waals surface area contributed by atoms with Crippen molar-refractivity contribution >= 4 is 5.69 Å². The van der Waals surface area contributed by atoms with Crippen molar-refractivity contribution in [3.63, 3.8) is 0 Å². The SMILES string of the molecule is CC(C)CCC(C)Nc1c(F)cc(F)cc1F. The molecule has 1 nitrogen and oxygen atoms in total. The molecule has 0 aliphatic rings. The first-order valence-corrected chi connectivity index (χ1v) is 5.81. The zero-order valence-corrected chi connectivity index (χ0v) is 10.4. The van der Waals surface area contributed by atoms with Crippen LogP contribution in [-0.4, -0.2) is 6.04 Å². The molecule has 1 rings (SSSR count). The van der Waals surface area contributed by atoms with Crippen molar-refractivity contribution in [2.24, 2.45) is 5.92 Å². The second-order valence-corrected chi connectivity index (χ2v) is 4.76. The Morgan fingerprint density at radius 2 is 1.53 bits per heavy atom. The van der Waals surface area contributed by atoms with Gasteiger partial charge >= 0.3 is 0 Å². The molecular weight excluding hydrogens is 227 g/mol. The van der Waals surface area contributed by atoms with Crippen LogP contribution in [-0.2, 0) is 0 Å². The Bertz CT molecular complexity index is 354. The average molecular weight is 245 g/mol. The quantitative estimate of drug-likeness (QED) is 0.813. The van der Waals surface area contributed by atoms with Gasteiger partial charge in [-0.3, -0.25) is 0 Å². The monoisotopic (exact) mass is 245 g/mol. The summed E-state index contributed by atoms with van der Waals surface area (Å²) < 4.78 is 39.3. The predicted octanol–water partition coefficient (Wildman–Crippen LogP) is 4.34. The summed E-state index contributed by atoms with van der Waals surface area (Å²) in [4.78, 5) is 0. The Hall–Kier alpha value is -1.19. The third kappa shape index (κ3) is 4.29. The van der Waals surface area contributed by atoms with Crippen molar-refractivity contribution in [2.45, 2.75) is 39.7 Å². The van der Waals surface area contributed by atoms with Crippen LogP contribution in [0.3, 0.4) is 0 Å². The average Bonchev–Trinajstić information content (AvgIpc) is 2.20. The molecule has 0 heterocycles. The van der Waals surface area contributed by atoms with Gasteiger partial charge < -0.3 is 5.32 Å². The maximum Gasteiger partial charge on any atom is 0.152 e. The number of hydrogen-bond donors (Lipinski definition) is 1. The van der Waals surface area contributed by atoms with Gasteiger partial charge in [0.25, 0.3) is 0 Å². The Morgan fingerprint density at radius 1 is 1.00 bits per heavy atom. The third-order valence-corrected chi connectivity index (χ3v) is 2.57. The lowest BCUT2D eigenvalue weighted by Crippen LogP contribution is -2.18. The molecular formula is C13H18F3N. The van der Waals surface area contributed by atoms with Crippen LogP contribution in [0.5, 0.6) is 0 Å². The van der Waals surface area contributed by atoms with E-state index in [1.54, 1.807) is 0 Å². The third-order valence-electron chi connectivity index (χ3n) is 2.57. The van der Waals surface area contributed by atoms with Gasteiger partial charge in [0.15, 0.2) is 11.6 Å². The number of anilines is 1. The van der Waals surface area contributed by atoms with E-state index in [2.05, 4.69) is 19.2 Å². The molecule has 1 N–H and O–H groups in total. The summed E-state index contributed by atoms with van der Waals surface area (Å²) in [6.45, 7) is 6.03. The van der Waals surface area contributed by atoms with Crippen molar-refractivity contribution in [2.75, 3.05) is 5.32 Å². The first kappa shape index (κ1) is 13.9. The number of benzene rings is 1. The maximum absolute atomic E-state index is 13.3. The van der Waals surface area contributed by atoms with E-state index in [0.29, 0.717) is 18.1 Å². The zero-order chi connectivity index (χ0) is 13.0. The van der Waals surface area contributed by atoms with Gasteiger partial charge in [-0.2, -0.15) is 0 Å². The smallest absolute Gasteiger partial charge is 0.152 e. The van der Waals surface area contributed by atoms with Gasteiger partial charge in [-0.1, -0.05) is 13.8 Å². The predicted molar refractivity (Wildman–Crippen MR) is 63.5 cm³/mol. The minimum atomic E-state index is -0.902. The van der Waals surface area contributed by atoms with Crippen molar-refractivity contribution in [1.29, 1.82) is 0 Å². The number of rotatable bonds is 5. The summed E-state index contributed by atoms with van der Waals surface area (Å²) in [5, 5.41) is 2.74. The molecule has 0 amide bonds. The lowest BCUT2D eigenvalue weighted by Gasteiger charge is -2.17. The van der Waals surface area contributed by atoms with E-state index in [9.17, 15) is 13.2 Å². The van der Waals surface area contributed by atoms with Crippen molar-refractivity contribution in [3.8, 4) is 0 Å². The van der Waals surface area contributed by atoms with Crippen LogP contribution in [0.4, 0.5) is 18.9 Å². The number of nitrogens with one attached hydrogen (secondary N) is 1. The van der Waals surface area contributed by atoms with Crippen molar-refractivity contribution in [1.82, 2.24) is 0 Å². The van der Waals surface area contributed by atoms with Crippen LogP contribution < -0.4 is 5.32 Å². The summed E-state index contributed by atoms with van der Waals surface area (Å²) >= 11 is 0. The van der Waals surface area contributed by atoms with E-state index in [1.165, 1.54) is 0 Å². The van der Waals surface area contributed by atoms with Crippen LogP contribution in [0, 0.1) is 23.4 Å². The minimum absolute atomic E-state index is 0.0492. The zero-order valence-electron chi connectivity index (χ0n) is 10.4. The molecule has 0 spiro atoms. The molecule has 0 saturated heterocycles. The van der Waals surface area contributed by atoms with E-state index in [0.717, 1.165) is 12.8 Å². The highest BCUT2D eigenvalue weighted by Gasteiger charge is 2.13. The molecule has 17 heavy (non-hydrogen) atoms. The molecule has 1 atom stereocenters. The second kappa shape index (κ2) is 5.94. The lowest BCUT2D eigenvalue weighted by atomic mass is 10.0. The van der Waals surface area contributed by atoms with Crippen molar-refractivity contribution < 1.29 is 13.2 Å². The first-order chi connectivity index (χ1) is 7.90. The molecule has 0 bridgehead atoms. The second-order valence-electron chi connectivity index (χ2n) is 4.76. The molecule has 0 radical (unpaired) electrons. The summed E-state index contributed by atoms with van der Waals surface area (Å²) in [7, 11) is 0. The Kier molecular flexibility index (Phi) is 4.85. The summed E-state index contributed by atoms with van der Waals surface area (Å²) in [5.74, 6) is -2.14. The van der Waals surface area contributed by atoms with Gasteiger partial charge in [-0.25, -0.2) is 13.2 Å². The summed E-state index contributed by atoms with van der Waals surface area (Å²) in [6.07, 6.45) is 1.78. The van der Waals surface area contributed by atoms with Gasteiger partial charge in [-0.05, 0) is 25.7 Å². The summed E-state index contributed by atoms with van der Waals surface area (Å²) in [6, 6.07) is 1.31. The molecule has 4 heteroatoms. The minimum Gasteiger partial charge on any atom is -0.378 e. The van der Waals surface area contributed by atoms with Gasteiger partial charge in [0, 0.05) is 18.2 Å². The fourth-order valence-electron chi connectivity index (χ4n) is 1.58. The lowest BCUT2D eigenvalue weighted by molar-refractivity contribution is 0.516. The van der Waals surface area contributed by atoms with Gasteiger partial charge in [0.2, 0.25) is 0 Å². The molecule has 1 aromatic rings. The van der Waals surface area contributed by atoms with Crippen LogP contribution in [0.2, 0.25) is 0 Å². The molecule has 0 aliphatic carbocycles. The molecule has 96 valence electrons. The molecule has 1 unspecified atom stereocenters. The normalized spacial score (nSPS) is 12.9. The topological polar surface area (TPSA) is 12.0 Å². The largest absolute Gasteiger partial charge is 0.378 e. The van der Waals surface area contributed by atoms with E-state index in [4.69, 9.17) is 0 Å². The highest BCUT2D eigenvalue weighted by Crippen LogP contribution is 2.22. The van der Waals surface area contributed by atoms with Crippen LogP contribution in [0.25, 0.3) is 0 Å². The van der Waals surface area contributed by atoms with Gasteiger partial charge in [0.05, 0.1) is 0 Å². The standard InChI is InChI=1S/C13H18F3N/c1-8(2)4-5-9(3)17-13-11(15)6-10(14)7-12(13)16/h6-9,17H,4-5H2,1-3H3. The molecule has 0 aromatic heterocycles. The van der Waals surface area contributed by atoms with Crippen LogP contribution >= 0.6 is 0 Å². The van der Waals surface area contributed by atoms with Crippen LogP contribution in [0.1, 0.15) is 33.6 Å². The molecule has 1 aromatic carbocycles. The van der Waals surface area contributed by atoms with E-state index < -0.39 is 17.5 Å². The fraction of sp³-hybridized carbons (Fsp3) is 0.538. The highest BCUT2D eigenvalue weighted by atomic mass is 19.1. The first-order valence-electron chi connectivity index (χ1n) is 5.81. The Labute approximate surface area is 100 Å². The van der Waals surface area contributed by atoms with Crippen LogP contribution in [0.15, 0.2) is 12.1 Å². The van der Waals surface area contributed by atoms with E-state index >= 15 is 0 Å². The summed E-state index contributed by atoms with van der Waals surface area (Å²) in [5.41, 5.74) is -0.248. The number of hydrogen-bond acceptors (Lipinski definition) is 1. The van der Waals surface area contributed by atoms with Gasteiger partial charge in [0.1, 0.15) is 11.5 Å². The fourth-order valence-corrected chi connectivity index (χ4v) is 1.58.